The average molecular weight is 283 g/mol. The molecule has 19 heavy (non-hydrogen) atoms. The molecule has 0 aliphatic carbocycles. The normalized spacial score (nSPS) is 14.5. The van der Waals surface area contributed by atoms with E-state index in [4.69, 9.17) is 10.5 Å². The molecule has 0 saturated heterocycles. The van der Waals surface area contributed by atoms with Gasteiger partial charge in [0.05, 0.1) is 0 Å². The van der Waals surface area contributed by atoms with Gasteiger partial charge in [-0.15, -0.1) is 11.3 Å². The summed E-state index contributed by atoms with van der Waals surface area (Å²) in [6.45, 7) is 7.35. The van der Waals surface area contributed by atoms with Crippen molar-refractivity contribution < 1.29 is 4.74 Å². The lowest BCUT2D eigenvalue weighted by Crippen LogP contribution is -2.29. The van der Waals surface area contributed by atoms with Crippen LogP contribution in [0.1, 0.15) is 68.9 Å². The second-order valence-electron chi connectivity index (χ2n) is 5.25. The Morgan fingerprint density at radius 3 is 2.53 bits per heavy atom. The van der Waals surface area contributed by atoms with Crippen LogP contribution in [0.25, 0.3) is 0 Å². The number of nitrogens with two attached hydrogens (primary N) is 1. The maximum Gasteiger partial charge on any atom is 0.107 e. The number of rotatable bonds is 10. The standard InChI is InChI=1S/C16H29NOS/c1-4-6-7-8-9-11-18-15(14(17)5-2)16-13(3)10-12-19-16/h10,12,14-15H,4-9,11,17H2,1-3H3. The first-order chi connectivity index (χ1) is 9.20. The van der Waals surface area contributed by atoms with Gasteiger partial charge in [-0.1, -0.05) is 39.5 Å². The molecule has 0 aliphatic heterocycles. The molecule has 0 aliphatic rings. The molecule has 0 fully saturated rings. The maximum atomic E-state index is 6.22. The van der Waals surface area contributed by atoms with Crippen molar-refractivity contribution in [2.75, 3.05) is 6.61 Å². The summed E-state index contributed by atoms with van der Waals surface area (Å²) in [6, 6.07) is 2.26. The van der Waals surface area contributed by atoms with E-state index < -0.39 is 0 Å². The van der Waals surface area contributed by atoms with Gasteiger partial charge in [-0.2, -0.15) is 0 Å². The van der Waals surface area contributed by atoms with E-state index >= 15 is 0 Å². The number of unbranched alkanes of at least 4 members (excludes halogenated alkanes) is 4. The molecule has 1 heterocycles. The topological polar surface area (TPSA) is 35.2 Å². The van der Waals surface area contributed by atoms with Crippen molar-refractivity contribution in [1.82, 2.24) is 0 Å². The van der Waals surface area contributed by atoms with Crippen LogP contribution in [0, 0.1) is 6.92 Å². The molecule has 0 spiro atoms. The maximum absolute atomic E-state index is 6.22. The van der Waals surface area contributed by atoms with Crippen LogP contribution in [0.2, 0.25) is 0 Å². The molecule has 3 heteroatoms. The van der Waals surface area contributed by atoms with Crippen LogP contribution in [0.4, 0.5) is 0 Å². The highest BCUT2D eigenvalue weighted by molar-refractivity contribution is 7.10. The average Bonchev–Trinajstić information content (AvgIpc) is 2.83. The van der Waals surface area contributed by atoms with Crippen LogP contribution in [-0.2, 0) is 4.74 Å². The van der Waals surface area contributed by atoms with Crippen molar-refractivity contribution >= 4 is 11.3 Å². The molecule has 0 aromatic carbocycles. The van der Waals surface area contributed by atoms with Gasteiger partial charge < -0.3 is 10.5 Å². The van der Waals surface area contributed by atoms with E-state index in [0.717, 1.165) is 19.4 Å². The lowest BCUT2D eigenvalue weighted by atomic mass is 10.1. The minimum Gasteiger partial charge on any atom is -0.371 e. The number of thiophene rings is 1. The van der Waals surface area contributed by atoms with E-state index in [1.165, 1.54) is 36.1 Å². The van der Waals surface area contributed by atoms with Crippen LogP contribution in [0.3, 0.4) is 0 Å². The second-order valence-corrected chi connectivity index (χ2v) is 6.19. The third-order valence-electron chi connectivity index (χ3n) is 3.57. The molecule has 2 nitrogen and oxygen atoms in total. The van der Waals surface area contributed by atoms with E-state index in [0.29, 0.717) is 0 Å². The van der Waals surface area contributed by atoms with E-state index in [1.54, 1.807) is 11.3 Å². The lowest BCUT2D eigenvalue weighted by molar-refractivity contribution is 0.0331. The molecule has 110 valence electrons. The number of hydrogen-bond donors (Lipinski definition) is 1. The Hall–Kier alpha value is -0.380. The van der Waals surface area contributed by atoms with Crippen LogP contribution >= 0.6 is 11.3 Å². The van der Waals surface area contributed by atoms with Gasteiger partial charge in [0.15, 0.2) is 0 Å². The fourth-order valence-corrected chi connectivity index (χ4v) is 3.25. The highest BCUT2D eigenvalue weighted by Crippen LogP contribution is 2.30. The largest absolute Gasteiger partial charge is 0.371 e. The molecule has 1 aromatic heterocycles. The Morgan fingerprint density at radius 1 is 1.21 bits per heavy atom. The Morgan fingerprint density at radius 2 is 1.95 bits per heavy atom. The summed E-state index contributed by atoms with van der Waals surface area (Å²) >= 11 is 1.77. The third kappa shape index (κ3) is 5.64. The number of ether oxygens (including phenoxy) is 1. The van der Waals surface area contributed by atoms with E-state index in [2.05, 4.69) is 32.2 Å². The molecule has 2 unspecified atom stereocenters. The molecule has 0 bridgehead atoms. The molecular weight excluding hydrogens is 254 g/mol. The van der Waals surface area contributed by atoms with Gasteiger partial charge in [-0.3, -0.25) is 0 Å². The summed E-state index contributed by atoms with van der Waals surface area (Å²) in [5.74, 6) is 0. The van der Waals surface area contributed by atoms with Crippen LogP contribution in [0.15, 0.2) is 11.4 Å². The van der Waals surface area contributed by atoms with Crippen molar-refractivity contribution in [2.24, 2.45) is 5.73 Å². The summed E-state index contributed by atoms with van der Waals surface area (Å²) in [5.41, 5.74) is 7.53. The van der Waals surface area contributed by atoms with Crippen LogP contribution < -0.4 is 5.73 Å². The second kappa shape index (κ2) is 9.51. The first-order valence-electron chi connectivity index (χ1n) is 7.61. The minimum atomic E-state index is 0.0798. The number of hydrogen-bond acceptors (Lipinski definition) is 3. The highest BCUT2D eigenvalue weighted by atomic mass is 32.1. The molecule has 0 radical (unpaired) electrons. The Balaban J connectivity index is 2.41. The fourth-order valence-electron chi connectivity index (χ4n) is 2.20. The van der Waals surface area contributed by atoms with Gasteiger partial charge in [-0.25, -0.2) is 0 Å². The van der Waals surface area contributed by atoms with Crippen molar-refractivity contribution in [3.8, 4) is 0 Å². The fraction of sp³-hybridized carbons (Fsp3) is 0.750. The summed E-state index contributed by atoms with van der Waals surface area (Å²) in [5, 5.41) is 2.13. The first kappa shape index (κ1) is 16.7. The molecule has 1 rings (SSSR count). The van der Waals surface area contributed by atoms with Gasteiger partial charge in [0.1, 0.15) is 6.10 Å². The molecular formula is C16H29NOS. The van der Waals surface area contributed by atoms with Gasteiger partial charge in [0.2, 0.25) is 0 Å². The minimum absolute atomic E-state index is 0.0798. The monoisotopic (exact) mass is 283 g/mol. The summed E-state index contributed by atoms with van der Waals surface area (Å²) in [4.78, 5) is 1.31. The van der Waals surface area contributed by atoms with Crippen molar-refractivity contribution in [1.29, 1.82) is 0 Å². The summed E-state index contributed by atoms with van der Waals surface area (Å²) in [6.07, 6.45) is 7.40. The Kier molecular flexibility index (Phi) is 8.35. The Bertz CT molecular complexity index is 337. The van der Waals surface area contributed by atoms with Crippen molar-refractivity contribution in [3.63, 3.8) is 0 Å². The van der Waals surface area contributed by atoms with E-state index in [1.807, 2.05) is 0 Å². The molecule has 0 amide bonds. The molecule has 0 saturated carbocycles. The van der Waals surface area contributed by atoms with Crippen LogP contribution in [-0.4, -0.2) is 12.6 Å². The summed E-state index contributed by atoms with van der Waals surface area (Å²) < 4.78 is 6.09. The predicted octanol–water partition coefficient (Wildman–Crippen LogP) is 4.82. The molecule has 2 N–H and O–H groups in total. The van der Waals surface area contributed by atoms with Crippen molar-refractivity contribution in [3.05, 3.63) is 21.9 Å². The zero-order valence-corrected chi connectivity index (χ0v) is 13.5. The zero-order valence-electron chi connectivity index (χ0n) is 12.7. The van der Waals surface area contributed by atoms with Crippen LogP contribution in [0.5, 0.6) is 0 Å². The number of aryl methyl sites for hydroxylation is 1. The quantitative estimate of drug-likeness (QED) is 0.625. The van der Waals surface area contributed by atoms with Gasteiger partial charge in [0.25, 0.3) is 0 Å². The van der Waals surface area contributed by atoms with E-state index in [-0.39, 0.29) is 12.1 Å². The molecule has 2 atom stereocenters. The first-order valence-corrected chi connectivity index (χ1v) is 8.49. The predicted molar refractivity (Wildman–Crippen MR) is 84.8 cm³/mol. The van der Waals surface area contributed by atoms with E-state index in [9.17, 15) is 0 Å². The SMILES string of the molecule is CCCCCCCOC(c1sccc1C)C(N)CC. The zero-order chi connectivity index (χ0) is 14.1. The van der Waals surface area contributed by atoms with Gasteiger partial charge >= 0.3 is 0 Å². The smallest absolute Gasteiger partial charge is 0.107 e. The van der Waals surface area contributed by atoms with Gasteiger partial charge in [-0.05, 0) is 36.8 Å². The highest BCUT2D eigenvalue weighted by Gasteiger charge is 2.21. The Labute approximate surface area is 122 Å². The third-order valence-corrected chi connectivity index (χ3v) is 4.65. The lowest BCUT2D eigenvalue weighted by Gasteiger charge is -2.23. The van der Waals surface area contributed by atoms with Crippen molar-refractivity contribution in [2.45, 2.75) is 71.4 Å². The summed E-state index contributed by atoms with van der Waals surface area (Å²) in [7, 11) is 0. The molecule has 1 aromatic rings. The van der Waals surface area contributed by atoms with Gasteiger partial charge in [0, 0.05) is 17.5 Å².